The maximum absolute atomic E-state index is 13.0. The molecule has 0 aliphatic rings. The molecule has 7 nitrogen and oxygen atoms in total. The van der Waals surface area contributed by atoms with Crippen LogP contribution >= 0.6 is 0 Å². The number of aromatic amines is 1. The number of ether oxygens (including phenoxy) is 2. The van der Waals surface area contributed by atoms with Gasteiger partial charge in [0.15, 0.2) is 0 Å². The molecule has 158 valence electrons. The lowest BCUT2D eigenvalue weighted by molar-refractivity contribution is -0.118. The van der Waals surface area contributed by atoms with Crippen molar-refractivity contribution in [2.24, 2.45) is 5.92 Å². The van der Waals surface area contributed by atoms with Gasteiger partial charge in [0.05, 0.1) is 13.7 Å². The number of fused-ring (bicyclic) bond motifs is 1. The summed E-state index contributed by atoms with van der Waals surface area (Å²) >= 11 is 0. The van der Waals surface area contributed by atoms with Crippen molar-refractivity contribution in [1.29, 1.82) is 0 Å². The summed E-state index contributed by atoms with van der Waals surface area (Å²) in [6, 6.07) is 14.0. The highest BCUT2D eigenvalue weighted by molar-refractivity contribution is 5.97. The van der Waals surface area contributed by atoms with Gasteiger partial charge in [-0.25, -0.2) is 4.79 Å². The Kier molecular flexibility index (Phi) is 6.95. The first kappa shape index (κ1) is 21.2. The first-order chi connectivity index (χ1) is 14.5. The van der Waals surface area contributed by atoms with Gasteiger partial charge >= 0.3 is 6.09 Å². The number of methoxy groups -OCH3 is 1. The summed E-state index contributed by atoms with van der Waals surface area (Å²) in [5, 5.41) is 6.57. The van der Waals surface area contributed by atoms with Gasteiger partial charge in [0.25, 0.3) is 0 Å². The number of alkyl carbamates (subject to hydrolysis) is 1. The van der Waals surface area contributed by atoms with Crippen LogP contribution in [0.15, 0.2) is 54.7 Å². The number of hydrogen-bond donors (Lipinski definition) is 3. The SMILES string of the molecule is COc1ccc(NC(=O)[C@H](Cc2c[nH]c3ccccc23)NC(=O)OCC(C)C)cc1. The van der Waals surface area contributed by atoms with Crippen LogP contribution in [0.25, 0.3) is 10.9 Å². The third-order valence-electron chi connectivity index (χ3n) is 4.61. The second kappa shape index (κ2) is 9.82. The number of nitrogens with one attached hydrogen (secondary N) is 3. The van der Waals surface area contributed by atoms with Gasteiger partial charge in [-0.2, -0.15) is 0 Å². The fourth-order valence-electron chi connectivity index (χ4n) is 3.06. The second-order valence-corrected chi connectivity index (χ2v) is 7.47. The monoisotopic (exact) mass is 409 g/mol. The van der Waals surface area contributed by atoms with Gasteiger partial charge in [0.2, 0.25) is 5.91 Å². The minimum absolute atomic E-state index is 0.205. The first-order valence-electron chi connectivity index (χ1n) is 9.89. The van der Waals surface area contributed by atoms with Gasteiger partial charge in [-0.15, -0.1) is 0 Å². The summed E-state index contributed by atoms with van der Waals surface area (Å²) in [4.78, 5) is 28.4. The van der Waals surface area contributed by atoms with E-state index in [0.717, 1.165) is 16.5 Å². The number of carbonyl (C=O) groups excluding carboxylic acids is 2. The number of carbonyl (C=O) groups is 2. The van der Waals surface area contributed by atoms with Gasteiger partial charge in [0, 0.05) is 29.2 Å². The molecule has 0 spiro atoms. The molecule has 0 aliphatic heterocycles. The molecule has 0 fully saturated rings. The minimum Gasteiger partial charge on any atom is -0.497 e. The van der Waals surface area contributed by atoms with Crippen molar-refractivity contribution in [1.82, 2.24) is 10.3 Å². The summed E-state index contributed by atoms with van der Waals surface area (Å²) in [5.41, 5.74) is 2.52. The Morgan fingerprint density at radius 3 is 2.50 bits per heavy atom. The summed E-state index contributed by atoms with van der Waals surface area (Å²) < 4.78 is 10.4. The molecule has 30 heavy (non-hydrogen) atoms. The first-order valence-corrected chi connectivity index (χ1v) is 9.89. The number of para-hydroxylation sites is 1. The van der Waals surface area contributed by atoms with E-state index in [-0.39, 0.29) is 18.4 Å². The molecular formula is C23H27N3O4. The van der Waals surface area contributed by atoms with Crippen molar-refractivity contribution in [2.45, 2.75) is 26.3 Å². The van der Waals surface area contributed by atoms with E-state index >= 15 is 0 Å². The van der Waals surface area contributed by atoms with Crippen molar-refractivity contribution in [3.8, 4) is 5.75 Å². The molecule has 3 N–H and O–H groups in total. The van der Waals surface area contributed by atoms with E-state index in [1.165, 1.54) is 0 Å². The second-order valence-electron chi connectivity index (χ2n) is 7.47. The van der Waals surface area contributed by atoms with Crippen LogP contribution in [0.2, 0.25) is 0 Å². The molecule has 3 aromatic rings. The quantitative estimate of drug-likeness (QED) is 0.522. The summed E-state index contributed by atoms with van der Waals surface area (Å²) in [7, 11) is 1.58. The summed E-state index contributed by atoms with van der Waals surface area (Å²) in [6.45, 7) is 4.19. The lowest BCUT2D eigenvalue weighted by Gasteiger charge is -2.19. The van der Waals surface area contributed by atoms with Crippen LogP contribution < -0.4 is 15.4 Å². The van der Waals surface area contributed by atoms with Crippen LogP contribution in [-0.2, 0) is 16.0 Å². The fraction of sp³-hybridized carbons (Fsp3) is 0.304. The summed E-state index contributed by atoms with van der Waals surface area (Å²) in [6.07, 6.45) is 1.57. The lowest BCUT2D eigenvalue weighted by atomic mass is 10.0. The Morgan fingerprint density at radius 2 is 1.80 bits per heavy atom. The molecule has 2 amide bonds. The standard InChI is InChI=1S/C23H27N3O4/c1-15(2)14-30-23(28)26-21(12-16-13-24-20-7-5-4-6-19(16)20)22(27)25-17-8-10-18(29-3)11-9-17/h4-11,13,15,21,24H,12,14H2,1-3H3,(H,25,27)(H,26,28)/t21-/m0/s1. The predicted molar refractivity (Wildman–Crippen MR) is 117 cm³/mol. The van der Waals surface area contributed by atoms with Crippen molar-refractivity contribution in [2.75, 3.05) is 19.0 Å². The lowest BCUT2D eigenvalue weighted by Crippen LogP contribution is -2.45. The molecule has 0 saturated heterocycles. The Labute approximate surface area is 175 Å². The molecule has 1 heterocycles. The molecule has 7 heteroatoms. The third kappa shape index (κ3) is 5.53. The largest absolute Gasteiger partial charge is 0.497 e. The number of rotatable bonds is 8. The maximum atomic E-state index is 13.0. The van der Waals surface area contributed by atoms with Crippen molar-refractivity contribution in [3.63, 3.8) is 0 Å². The number of H-pyrrole nitrogens is 1. The van der Waals surface area contributed by atoms with E-state index < -0.39 is 12.1 Å². The highest BCUT2D eigenvalue weighted by Crippen LogP contribution is 2.20. The normalized spacial score (nSPS) is 11.9. The highest BCUT2D eigenvalue weighted by atomic mass is 16.5. The van der Waals surface area contributed by atoms with Crippen molar-refractivity contribution >= 4 is 28.6 Å². The van der Waals surface area contributed by atoms with Crippen molar-refractivity contribution in [3.05, 3.63) is 60.3 Å². The van der Waals surface area contributed by atoms with Gasteiger partial charge in [-0.3, -0.25) is 4.79 Å². The van der Waals surface area contributed by atoms with Crippen LogP contribution in [-0.4, -0.2) is 36.7 Å². The van der Waals surface area contributed by atoms with Crippen LogP contribution in [0.4, 0.5) is 10.5 Å². The van der Waals surface area contributed by atoms with E-state index in [9.17, 15) is 9.59 Å². The van der Waals surface area contributed by atoms with E-state index in [1.54, 1.807) is 31.4 Å². The van der Waals surface area contributed by atoms with Gasteiger partial charge in [-0.1, -0.05) is 32.0 Å². The molecule has 0 unspecified atom stereocenters. The van der Waals surface area contributed by atoms with E-state index in [4.69, 9.17) is 9.47 Å². The average Bonchev–Trinajstić information content (AvgIpc) is 3.15. The number of anilines is 1. The highest BCUT2D eigenvalue weighted by Gasteiger charge is 2.23. The van der Waals surface area contributed by atoms with Gasteiger partial charge in [0.1, 0.15) is 11.8 Å². The van der Waals surface area contributed by atoms with Crippen LogP contribution in [0.1, 0.15) is 19.4 Å². The zero-order chi connectivity index (χ0) is 21.5. The number of amides is 2. The molecule has 0 saturated carbocycles. The van der Waals surface area contributed by atoms with Gasteiger partial charge < -0.3 is 25.1 Å². The van der Waals surface area contributed by atoms with Crippen molar-refractivity contribution < 1.29 is 19.1 Å². The minimum atomic E-state index is -0.800. The van der Waals surface area contributed by atoms with Crippen LogP contribution in [0, 0.1) is 5.92 Å². The number of hydrogen-bond acceptors (Lipinski definition) is 4. The Morgan fingerprint density at radius 1 is 1.07 bits per heavy atom. The van der Waals surface area contributed by atoms with Gasteiger partial charge in [-0.05, 0) is 41.8 Å². The van der Waals surface area contributed by atoms with E-state index in [2.05, 4.69) is 15.6 Å². The average molecular weight is 409 g/mol. The van der Waals surface area contributed by atoms with E-state index in [0.29, 0.717) is 17.9 Å². The Balaban J connectivity index is 1.76. The smallest absolute Gasteiger partial charge is 0.407 e. The maximum Gasteiger partial charge on any atom is 0.407 e. The molecule has 3 rings (SSSR count). The van der Waals surface area contributed by atoms with E-state index in [1.807, 2.05) is 44.3 Å². The molecule has 0 bridgehead atoms. The zero-order valence-corrected chi connectivity index (χ0v) is 17.4. The molecular weight excluding hydrogens is 382 g/mol. The van der Waals surface area contributed by atoms with Crippen LogP contribution in [0.3, 0.4) is 0 Å². The molecule has 2 aromatic carbocycles. The third-order valence-corrected chi connectivity index (χ3v) is 4.61. The molecule has 0 radical (unpaired) electrons. The molecule has 1 aromatic heterocycles. The molecule has 1 atom stereocenters. The fourth-order valence-corrected chi connectivity index (χ4v) is 3.06. The molecule has 0 aliphatic carbocycles. The zero-order valence-electron chi connectivity index (χ0n) is 17.4. The Bertz CT molecular complexity index is 995. The topological polar surface area (TPSA) is 92.5 Å². The predicted octanol–water partition coefficient (Wildman–Crippen LogP) is 4.11. The Hall–Kier alpha value is -3.48. The summed E-state index contributed by atoms with van der Waals surface area (Å²) in [5.74, 6) is 0.571. The number of aromatic nitrogens is 1. The number of benzene rings is 2. The van der Waals surface area contributed by atoms with Crippen LogP contribution in [0.5, 0.6) is 5.75 Å².